The zero-order chi connectivity index (χ0) is 21.1. The molecule has 0 saturated carbocycles. The molecule has 2 heterocycles. The lowest BCUT2D eigenvalue weighted by molar-refractivity contribution is 0.0454. The number of halogens is 1. The molecular formula is C20H15FN4O4S. The van der Waals surface area contributed by atoms with Gasteiger partial charge in [0.25, 0.3) is 0 Å². The first-order chi connectivity index (χ1) is 14.6. The average Bonchev–Trinajstić information content (AvgIpc) is 3.41. The Morgan fingerprint density at radius 1 is 1.13 bits per heavy atom. The fraction of sp³-hybridized carbons (Fsp3) is 0.150. The molecule has 0 N–H and O–H groups in total. The minimum absolute atomic E-state index is 0.179. The molecule has 0 amide bonds. The van der Waals surface area contributed by atoms with Gasteiger partial charge in [-0.25, -0.2) is 18.7 Å². The van der Waals surface area contributed by atoms with Crippen LogP contribution < -0.4 is 0 Å². The van der Waals surface area contributed by atoms with E-state index in [2.05, 4.69) is 15.5 Å². The lowest BCUT2D eigenvalue weighted by Gasteiger charge is -2.08. The monoisotopic (exact) mass is 426 g/mol. The van der Waals surface area contributed by atoms with E-state index in [4.69, 9.17) is 9.47 Å². The number of carbonyl (C=O) groups excluding carboxylic acids is 2. The van der Waals surface area contributed by atoms with Gasteiger partial charge in [0.2, 0.25) is 0 Å². The second-order valence-corrected chi connectivity index (χ2v) is 7.18. The number of hydrogen-bond donors (Lipinski definition) is 0. The molecule has 10 heteroatoms. The Balaban J connectivity index is 1.62. The van der Waals surface area contributed by atoms with Crippen molar-refractivity contribution in [3.63, 3.8) is 0 Å². The lowest BCUT2D eigenvalue weighted by atomic mass is 10.1. The second-order valence-electron chi connectivity index (χ2n) is 6.12. The summed E-state index contributed by atoms with van der Waals surface area (Å²) in [5, 5.41) is 11.1. The summed E-state index contributed by atoms with van der Waals surface area (Å²) in [4.78, 5) is 25.2. The van der Waals surface area contributed by atoms with Crippen molar-refractivity contribution in [1.29, 1.82) is 0 Å². The number of esters is 2. The second kappa shape index (κ2) is 8.37. The van der Waals surface area contributed by atoms with E-state index in [1.54, 1.807) is 43.3 Å². The van der Waals surface area contributed by atoms with Crippen LogP contribution in [0.25, 0.3) is 15.8 Å². The molecule has 0 bridgehead atoms. The quantitative estimate of drug-likeness (QED) is 0.435. The third-order valence-electron chi connectivity index (χ3n) is 4.27. The minimum atomic E-state index is -0.629. The summed E-state index contributed by atoms with van der Waals surface area (Å²) < 4.78 is 26.9. The van der Waals surface area contributed by atoms with E-state index in [0.29, 0.717) is 10.4 Å². The first-order valence-corrected chi connectivity index (χ1v) is 9.77. The molecule has 0 aliphatic rings. The van der Waals surface area contributed by atoms with Crippen LogP contribution in [0.2, 0.25) is 0 Å². The van der Waals surface area contributed by atoms with Crippen LogP contribution in [0, 0.1) is 5.82 Å². The molecule has 0 atom stereocenters. The van der Waals surface area contributed by atoms with Gasteiger partial charge in [-0.15, -0.1) is 16.4 Å². The molecule has 4 rings (SSSR count). The standard InChI is InChI=1S/C20H15FN4O4S/c1-2-28-20(27)18-14(17-15(21)7-4-8-16(17)30-18)10-29-19(26)12-5-3-6-13(9-12)25-11-22-23-24-25/h3-9,11H,2,10H2,1H3. The van der Waals surface area contributed by atoms with Crippen LogP contribution in [0.15, 0.2) is 48.8 Å². The van der Waals surface area contributed by atoms with Crippen molar-refractivity contribution in [3.8, 4) is 5.69 Å². The molecule has 0 aliphatic heterocycles. The maximum absolute atomic E-state index is 14.5. The van der Waals surface area contributed by atoms with Gasteiger partial charge in [0.15, 0.2) is 0 Å². The van der Waals surface area contributed by atoms with Gasteiger partial charge in [-0.1, -0.05) is 12.1 Å². The number of nitrogens with zero attached hydrogens (tertiary/aromatic N) is 4. The van der Waals surface area contributed by atoms with Gasteiger partial charge in [-0.2, -0.15) is 0 Å². The van der Waals surface area contributed by atoms with E-state index in [-0.39, 0.29) is 34.6 Å². The zero-order valence-electron chi connectivity index (χ0n) is 15.7. The van der Waals surface area contributed by atoms with E-state index in [9.17, 15) is 14.0 Å². The van der Waals surface area contributed by atoms with Crippen LogP contribution in [0.1, 0.15) is 32.5 Å². The summed E-state index contributed by atoms with van der Waals surface area (Å²) in [5.74, 6) is -1.70. The van der Waals surface area contributed by atoms with Gasteiger partial charge < -0.3 is 9.47 Å². The molecule has 2 aromatic heterocycles. The van der Waals surface area contributed by atoms with Crippen molar-refractivity contribution in [3.05, 3.63) is 70.6 Å². The summed E-state index contributed by atoms with van der Waals surface area (Å²) >= 11 is 1.10. The SMILES string of the molecule is CCOC(=O)c1sc2cccc(F)c2c1COC(=O)c1cccc(-n2cnnn2)c1. The molecule has 30 heavy (non-hydrogen) atoms. The summed E-state index contributed by atoms with van der Waals surface area (Å²) in [6, 6.07) is 11.1. The third-order valence-corrected chi connectivity index (χ3v) is 5.44. The number of thiophene rings is 1. The van der Waals surface area contributed by atoms with Gasteiger partial charge in [0, 0.05) is 15.6 Å². The molecule has 0 aliphatic carbocycles. The fourth-order valence-corrected chi connectivity index (χ4v) is 4.06. The Morgan fingerprint density at radius 3 is 2.73 bits per heavy atom. The Morgan fingerprint density at radius 2 is 1.97 bits per heavy atom. The van der Waals surface area contributed by atoms with E-state index in [1.807, 2.05) is 0 Å². The Hall–Kier alpha value is -3.66. The molecule has 0 spiro atoms. The number of aromatic nitrogens is 4. The van der Waals surface area contributed by atoms with E-state index < -0.39 is 17.8 Å². The summed E-state index contributed by atoms with van der Waals surface area (Å²) in [5.41, 5.74) is 1.13. The van der Waals surface area contributed by atoms with Crippen molar-refractivity contribution in [1.82, 2.24) is 20.2 Å². The van der Waals surface area contributed by atoms with Crippen LogP contribution in [-0.4, -0.2) is 38.8 Å². The van der Waals surface area contributed by atoms with E-state index in [1.165, 1.54) is 17.1 Å². The molecule has 8 nitrogen and oxygen atoms in total. The van der Waals surface area contributed by atoms with Crippen LogP contribution in [0.3, 0.4) is 0 Å². The van der Waals surface area contributed by atoms with Gasteiger partial charge in [-0.05, 0) is 47.7 Å². The number of fused-ring (bicyclic) bond motifs is 1. The van der Waals surface area contributed by atoms with Crippen LogP contribution >= 0.6 is 11.3 Å². The van der Waals surface area contributed by atoms with E-state index >= 15 is 0 Å². The molecule has 152 valence electrons. The summed E-state index contributed by atoms with van der Waals surface area (Å²) in [6.07, 6.45) is 1.40. The van der Waals surface area contributed by atoms with Crippen molar-refractivity contribution in [2.75, 3.05) is 6.61 Å². The number of tetrazole rings is 1. The normalized spacial score (nSPS) is 10.9. The molecule has 0 saturated heterocycles. The highest BCUT2D eigenvalue weighted by atomic mass is 32.1. The van der Waals surface area contributed by atoms with Gasteiger partial charge in [0.05, 0.1) is 17.9 Å². The van der Waals surface area contributed by atoms with Crippen molar-refractivity contribution >= 4 is 33.4 Å². The van der Waals surface area contributed by atoms with Gasteiger partial charge in [0.1, 0.15) is 23.6 Å². The third kappa shape index (κ3) is 3.77. The first-order valence-electron chi connectivity index (χ1n) is 8.96. The van der Waals surface area contributed by atoms with Crippen molar-refractivity contribution < 1.29 is 23.5 Å². The van der Waals surface area contributed by atoms with Gasteiger partial charge in [-0.3, -0.25) is 0 Å². The first kappa shape index (κ1) is 19.6. The van der Waals surface area contributed by atoms with Crippen LogP contribution in [0.4, 0.5) is 4.39 Å². The minimum Gasteiger partial charge on any atom is -0.462 e. The van der Waals surface area contributed by atoms with Crippen molar-refractivity contribution in [2.24, 2.45) is 0 Å². The largest absolute Gasteiger partial charge is 0.462 e. The molecular weight excluding hydrogens is 411 g/mol. The zero-order valence-corrected chi connectivity index (χ0v) is 16.6. The molecule has 4 aromatic rings. The predicted molar refractivity (Wildman–Crippen MR) is 106 cm³/mol. The van der Waals surface area contributed by atoms with Gasteiger partial charge >= 0.3 is 11.9 Å². The topological polar surface area (TPSA) is 96.2 Å². The Bertz CT molecular complexity index is 1220. The van der Waals surface area contributed by atoms with E-state index in [0.717, 1.165) is 11.3 Å². The maximum Gasteiger partial charge on any atom is 0.348 e. The molecule has 0 radical (unpaired) electrons. The highest BCUT2D eigenvalue weighted by molar-refractivity contribution is 7.21. The highest BCUT2D eigenvalue weighted by Crippen LogP contribution is 2.34. The molecule has 2 aromatic carbocycles. The summed E-state index contributed by atoms with van der Waals surface area (Å²) in [6.45, 7) is 1.59. The number of ether oxygens (including phenoxy) is 2. The smallest absolute Gasteiger partial charge is 0.348 e. The fourth-order valence-electron chi connectivity index (χ4n) is 2.94. The van der Waals surface area contributed by atoms with Crippen LogP contribution in [0.5, 0.6) is 0 Å². The number of benzene rings is 2. The maximum atomic E-state index is 14.5. The average molecular weight is 426 g/mol. The van der Waals surface area contributed by atoms with Crippen LogP contribution in [-0.2, 0) is 16.1 Å². The lowest BCUT2D eigenvalue weighted by Crippen LogP contribution is -2.10. The number of hydrogen-bond acceptors (Lipinski definition) is 8. The Kier molecular flexibility index (Phi) is 5.48. The number of carbonyl (C=O) groups is 2. The molecule has 0 unspecified atom stereocenters. The molecule has 0 fully saturated rings. The highest BCUT2D eigenvalue weighted by Gasteiger charge is 2.23. The summed E-state index contributed by atoms with van der Waals surface area (Å²) in [7, 11) is 0. The number of rotatable bonds is 6. The van der Waals surface area contributed by atoms with Crippen molar-refractivity contribution in [2.45, 2.75) is 13.5 Å². The predicted octanol–water partition coefficient (Wildman–Crippen LogP) is 3.55. The Labute approximate surface area is 173 Å².